The number of nitrogens with zero attached hydrogens (tertiary/aromatic N) is 3. The summed E-state index contributed by atoms with van der Waals surface area (Å²) in [5.41, 5.74) is 2.76. The first-order chi connectivity index (χ1) is 18.2. The van der Waals surface area contributed by atoms with E-state index >= 15 is 4.39 Å². The fraction of sp³-hybridized carbons (Fsp3) is 0.250. The molecule has 3 aromatic carbocycles. The Morgan fingerprint density at radius 2 is 1.82 bits per heavy atom. The lowest BCUT2D eigenvalue weighted by Gasteiger charge is -2.21. The van der Waals surface area contributed by atoms with Crippen molar-refractivity contribution in [2.75, 3.05) is 51.1 Å². The van der Waals surface area contributed by atoms with Crippen molar-refractivity contribution in [2.24, 2.45) is 4.99 Å². The van der Waals surface area contributed by atoms with Crippen LogP contribution < -0.4 is 19.7 Å². The number of nitrogens with one attached hydrogen (secondary N) is 1. The summed E-state index contributed by atoms with van der Waals surface area (Å²) in [5.74, 6) is -0.758. The van der Waals surface area contributed by atoms with Crippen LogP contribution in [-0.4, -0.2) is 63.3 Å². The van der Waals surface area contributed by atoms with E-state index in [0.29, 0.717) is 57.9 Å². The number of rotatable bonds is 6. The van der Waals surface area contributed by atoms with Gasteiger partial charge in [0.25, 0.3) is 0 Å². The average Bonchev–Trinajstić information content (AvgIpc) is 3.20. The van der Waals surface area contributed by atoms with Crippen LogP contribution in [0.4, 0.5) is 21.5 Å². The zero-order valence-electron chi connectivity index (χ0n) is 21.1. The van der Waals surface area contributed by atoms with Gasteiger partial charge in [-0.15, -0.1) is 0 Å². The molecule has 1 unspecified atom stereocenters. The molecule has 1 N–H and O–H groups in total. The Hall–Kier alpha value is -3.95. The van der Waals surface area contributed by atoms with E-state index in [-0.39, 0.29) is 24.0 Å². The Kier molecular flexibility index (Phi) is 7.05. The maximum absolute atomic E-state index is 15.2. The lowest BCUT2D eigenvalue weighted by Crippen LogP contribution is -2.35. The van der Waals surface area contributed by atoms with E-state index in [4.69, 9.17) is 26.1 Å². The monoisotopic (exact) mass is 536 g/mol. The van der Waals surface area contributed by atoms with E-state index in [9.17, 15) is 9.59 Å². The largest absolute Gasteiger partial charge is 0.486 e. The molecule has 10 heteroatoms. The summed E-state index contributed by atoms with van der Waals surface area (Å²) in [7, 11) is 5.06. The highest BCUT2D eigenvalue weighted by Gasteiger charge is 2.36. The van der Waals surface area contributed by atoms with Crippen LogP contribution in [0.25, 0.3) is 0 Å². The van der Waals surface area contributed by atoms with Crippen LogP contribution in [0.2, 0.25) is 5.02 Å². The van der Waals surface area contributed by atoms with Gasteiger partial charge in [-0.3, -0.25) is 14.6 Å². The molecule has 5 rings (SSSR count). The molecule has 2 aliphatic rings. The predicted octanol–water partition coefficient (Wildman–Crippen LogP) is 4.63. The highest BCUT2D eigenvalue weighted by Crippen LogP contribution is 2.40. The molecule has 0 saturated carbocycles. The van der Waals surface area contributed by atoms with Crippen molar-refractivity contribution >= 4 is 46.2 Å². The second-order valence-corrected chi connectivity index (χ2v) is 9.77. The molecular weight excluding hydrogens is 511 g/mol. The van der Waals surface area contributed by atoms with Gasteiger partial charge < -0.3 is 24.6 Å². The number of ether oxygens (including phenoxy) is 2. The van der Waals surface area contributed by atoms with Crippen LogP contribution >= 0.6 is 11.6 Å². The van der Waals surface area contributed by atoms with E-state index in [1.807, 2.05) is 0 Å². The van der Waals surface area contributed by atoms with Crippen LogP contribution in [0.1, 0.15) is 17.0 Å². The SMILES string of the molecule is CN(C)CC(=O)N(C)c1ccc(N=C(c2ccc3c(c2)OCCO3)C2C(=O)Nc3cc(Cl)ccc32)cc1F. The smallest absolute Gasteiger partial charge is 0.240 e. The molecule has 3 aromatic rings. The number of fused-ring (bicyclic) bond motifs is 2. The van der Waals surface area contributed by atoms with Gasteiger partial charge in [0.05, 0.1) is 23.6 Å². The van der Waals surface area contributed by atoms with Crippen LogP contribution in [0.3, 0.4) is 0 Å². The molecule has 38 heavy (non-hydrogen) atoms. The Labute approximate surface area is 224 Å². The molecule has 0 fully saturated rings. The Balaban J connectivity index is 1.58. The Morgan fingerprint density at radius 3 is 2.55 bits per heavy atom. The number of likely N-dealkylation sites (N-methyl/N-ethyl adjacent to an activating group) is 2. The number of anilines is 2. The van der Waals surface area contributed by atoms with E-state index < -0.39 is 11.7 Å². The highest BCUT2D eigenvalue weighted by molar-refractivity contribution is 6.31. The maximum atomic E-state index is 15.2. The summed E-state index contributed by atoms with van der Waals surface area (Å²) in [5, 5.41) is 3.36. The molecule has 0 spiro atoms. The number of amides is 2. The quantitative estimate of drug-likeness (QED) is 0.464. The standard InChI is InChI=1S/C28H26ClFN4O4/c1-33(2)15-25(35)34(3)22-8-6-18(14-20(22)30)31-27(16-4-9-23-24(12-16)38-11-10-37-23)26-19-7-5-17(29)13-21(19)32-28(26)36/h4-9,12-14,26H,10-11,15H2,1-3H3,(H,32,36). The van der Waals surface area contributed by atoms with Crippen LogP contribution in [-0.2, 0) is 9.59 Å². The van der Waals surface area contributed by atoms with Gasteiger partial charge in [-0.25, -0.2) is 4.39 Å². The third-order valence-electron chi connectivity index (χ3n) is 6.33. The fourth-order valence-corrected chi connectivity index (χ4v) is 4.66. The van der Waals surface area contributed by atoms with Gasteiger partial charge in [0.15, 0.2) is 11.5 Å². The summed E-state index contributed by atoms with van der Waals surface area (Å²) in [6, 6.07) is 14.9. The van der Waals surface area contributed by atoms with Crippen molar-refractivity contribution in [3.8, 4) is 11.5 Å². The summed E-state index contributed by atoms with van der Waals surface area (Å²) < 4.78 is 26.6. The van der Waals surface area contributed by atoms with Crippen molar-refractivity contribution in [3.05, 3.63) is 76.6 Å². The highest BCUT2D eigenvalue weighted by atomic mass is 35.5. The molecule has 2 amide bonds. The molecule has 0 bridgehead atoms. The number of carbonyl (C=O) groups excluding carboxylic acids is 2. The van der Waals surface area contributed by atoms with Crippen molar-refractivity contribution in [1.29, 1.82) is 0 Å². The third-order valence-corrected chi connectivity index (χ3v) is 6.56. The average molecular weight is 537 g/mol. The number of aliphatic imine (C=N–C) groups is 1. The molecule has 0 aliphatic carbocycles. The first-order valence-corrected chi connectivity index (χ1v) is 12.4. The van der Waals surface area contributed by atoms with E-state index in [1.165, 1.54) is 24.1 Å². The predicted molar refractivity (Wildman–Crippen MR) is 145 cm³/mol. The van der Waals surface area contributed by atoms with Gasteiger partial charge in [0.1, 0.15) is 24.9 Å². The minimum atomic E-state index is -0.767. The van der Waals surface area contributed by atoms with Crippen molar-refractivity contribution < 1.29 is 23.5 Å². The van der Waals surface area contributed by atoms with E-state index in [2.05, 4.69) is 5.32 Å². The van der Waals surface area contributed by atoms with Crippen molar-refractivity contribution in [2.45, 2.75) is 5.92 Å². The summed E-state index contributed by atoms with van der Waals surface area (Å²) in [6.45, 7) is 0.995. The lowest BCUT2D eigenvalue weighted by molar-refractivity contribution is -0.119. The number of benzene rings is 3. The van der Waals surface area contributed by atoms with E-state index in [0.717, 1.165) is 0 Å². The molecule has 196 valence electrons. The van der Waals surface area contributed by atoms with Gasteiger partial charge in [-0.1, -0.05) is 17.7 Å². The molecule has 2 heterocycles. The molecule has 0 aromatic heterocycles. The molecule has 0 saturated heterocycles. The topological polar surface area (TPSA) is 83.5 Å². The fourth-order valence-electron chi connectivity index (χ4n) is 4.49. The van der Waals surface area contributed by atoms with Crippen LogP contribution in [0.5, 0.6) is 11.5 Å². The number of hydrogen-bond donors (Lipinski definition) is 1. The molecular formula is C28H26ClFN4O4. The van der Waals surface area contributed by atoms with Gasteiger partial charge in [-0.2, -0.15) is 0 Å². The van der Waals surface area contributed by atoms with Gasteiger partial charge in [0, 0.05) is 29.4 Å². The first kappa shape index (κ1) is 25.7. The van der Waals surface area contributed by atoms with Gasteiger partial charge >= 0.3 is 0 Å². The maximum Gasteiger partial charge on any atom is 0.240 e. The molecule has 2 aliphatic heterocycles. The lowest BCUT2D eigenvalue weighted by atomic mass is 9.90. The number of hydrogen-bond acceptors (Lipinski definition) is 6. The first-order valence-electron chi connectivity index (χ1n) is 12.0. The summed E-state index contributed by atoms with van der Waals surface area (Å²) in [4.78, 5) is 33.4. The number of carbonyl (C=O) groups is 2. The minimum absolute atomic E-state index is 0.135. The van der Waals surface area contributed by atoms with Crippen molar-refractivity contribution in [1.82, 2.24) is 4.90 Å². The third kappa shape index (κ3) is 5.07. The second kappa shape index (κ2) is 10.4. The summed E-state index contributed by atoms with van der Waals surface area (Å²) in [6.07, 6.45) is 0. The summed E-state index contributed by atoms with van der Waals surface area (Å²) >= 11 is 6.15. The zero-order chi connectivity index (χ0) is 27.0. The Bertz CT molecular complexity index is 1460. The molecule has 1 atom stereocenters. The Morgan fingerprint density at radius 1 is 1.05 bits per heavy atom. The minimum Gasteiger partial charge on any atom is -0.486 e. The van der Waals surface area contributed by atoms with Gasteiger partial charge in [-0.05, 0) is 62.1 Å². The van der Waals surface area contributed by atoms with Gasteiger partial charge in [0.2, 0.25) is 11.8 Å². The van der Waals surface area contributed by atoms with Crippen LogP contribution in [0.15, 0.2) is 59.6 Å². The van der Waals surface area contributed by atoms with Crippen molar-refractivity contribution in [3.63, 3.8) is 0 Å². The molecule has 0 radical (unpaired) electrons. The zero-order valence-corrected chi connectivity index (χ0v) is 21.9. The number of halogens is 2. The normalized spacial score (nSPS) is 16.3. The molecule has 8 nitrogen and oxygen atoms in total. The van der Waals surface area contributed by atoms with E-state index in [1.54, 1.807) is 61.5 Å². The second-order valence-electron chi connectivity index (χ2n) is 9.34. The van der Waals surface area contributed by atoms with Crippen LogP contribution in [0, 0.1) is 5.82 Å².